The summed E-state index contributed by atoms with van der Waals surface area (Å²) in [6.07, 6.45) is 0. The minimum atomic E-state index is 0.564. The van der Waals surface area contributed by atoms with E-state index in [2.05, 4.69) is 10.1 Å². The van der Waals surface area contributed by atoms with Crippen LogP contribution in [-0.2, 0) is 13.6 Å². The van der Waals surface area contributed by atoms with Crippen LogP contribution in [0.5, 0.6) is 5.88 Å². The Morgan fingerprint density at radius 2 is 1.83 bits per heavy atom. The molecular weight excluding hydrogens is 230 g/mol. The number of aryl methyl sites for hydroxylation is 2. The summed E-state index contributed by atoms with van der Waals surface area (Å²) in [4.78, 5) is 8.58. The van der Waals surface area contributed by atoms with Gasteiger partial charge in [0.05, 0.1) is 24.9 Å². The van der Waals surface area contributed by atoms with Gasteiger partial charge in [-0.05, 0) is 6.92 Å². The van der Waals surface area contributed by atoms with Crippen LogP contribution >= 0.6 is 0 Å². The van der Waals surface area contributed by atoms with Crippen molar-refractivity contribution in [3.8, 4) is 5.88 Å². The second-order valence-corrected chi connectivity index (χ2v) is 4.60. The molecule has 6 heteroatoms. The normalized spacial score (nSPS) is 10.2. The zero-order valence-corrected chi connectivity index (χ0v) is 12.4. The van der Waals surface area contributed by atoms with Crippen molar-refractivity contribution in [1.82, 2.24) is 19.6 Å². The van der Waals surface area contributed by atoms with E-state index in [1.807, 2.05) is 52.0 Å². The summed E-state index contributed by atoms with van der Waals surface area (Å²) < 4.78 is 7.10. The summed E-state index contributed by atoms with van der Waals surface area (Å²) >= 11 is 0. The van der Waals surface area contributed by atoms with Gasteiger partial charge in [0, 0.05) is 35.2 Å². The molecule has 0 bridgehead atoms. The van der Waals surface area contributed by atoms with Crippen LogP contribution in [0.3, 0.4) is 0 Å². The van der Waals surface area contributed by atoms with Crippen molar-refractivity contribution in [3.05, 3.63) is 11.3 Å². The Bertz CT molecular complexity index is 424. The average Bonchev–Trinajstić information content (AvgIpc) is 2.52. The van der Waals surface area contributed by atoms with Crippen LogP contribution in [-0.4, -0.2) is 60.8 Å². The van der Waals surface area contributed by atoms with Crippen LogP contribution in [0.15, 0.2) is 4.99 Å². The Labute approximate surface area is 109 Å². The molecule has 0 aliphatic heterocycles. The fourth-order valence-corrected chi connectivity index (χ4v) is 1.95. The fraction of sp³-hybridized carbons (Fsp3) is 0.667. The van der Waals surface area contributed by atoms with Gasteiger partial charge in [0.2, 0.25) is 5.88 Å². The van der Waals surface area contributed by atoms with Gasteiger partial charge in [-0.1, -0.05) is 0 Å². The lowest BCUT2D eigenvalue weighted by atomic mass is 10.2. The molecule has 0 aromatic carbocycles. The Kier molecular flexibility index (Phi) is 4.58. The lowest BCUT2D eigenvalue weighted by Gasteiger charge is -2.22. The third-order valence-corrected chi connectivity index (χ3v) is 2.66. The molecule has 18 heavy (non-hydrogen) atoms. The Hall–Kier alpha value is -1.72. The van der Waals surface area contributed by atoms with E-state index in [1.165, 1.54) is 0 Å². The van der Waals surface area contributed by atoms with Crippen LogP contribution in [0.25, 0.3) is 0 Å². The molecule has 0 spiro atoms. The summed E-state index contributed by atoms with van der Waals surface area (Å²) in [5.74, 6) is 1.69. The second-order valence-electron chi connectivity index (χ2n) is 4.60. The molecule has 0 unspecified atom stereocenters. The number of aromatic nitrogens is 2. The Balaban J connectivity index is 3.01. The first-order chi connectivity index (χ1) is 8.38. The van der Waals surface area contributed by atoms with Crippen molar-refractivity contribution in [3.63, 3.8) is 0 Å². The highest BCUT2D eigenvalue weighted by atomic mass is 16.5. The van der Waals surface area contributed by atoms with E-state index in [1.54, 1.807) is 11.8 Å². The summed E-state index contributed by atoms with van der Waals surface area (Å²) in [5.41, 5.74) is 1.98. The number of rotatable bonds is 3. The molecule has 0 radical (unpaired) electrons. The number of hydrogen-bond acceptors (Lipinski definition) is 3. The van der Waals surface area contributed by atoms with Gasteiger partial charge in [0.15, 0.2) is 5.96 Å². The lowest BCUT2D eigenvalue weighted by Crippen LogP contribution is -2.35. The first-order valence-electron chi connectivity index (χ1n) is 5.84. The predicted molar refractivity (Wildman–Crippen MR) is 73.0 cm³/mol. The molecule has 0 aliphatic rings. The first-order valence-corrected chi connectivity index (χ1v) is 5.84. The molecule has 0 saturated carbocycles. The lowest BCUT2D eigenvalue weighted by molar-refractivity contribution is 0.369. The van der Waals surface area contributed by atoms with Crippen LogP contribution in [0.1, 0.15) is 11.3 Å². The number of ether oxygens (including phenoxy) is 1. The molecule has 1 aromatic rings. The van der Waals surface area contributed by atoms with Crippen LogP contribution in [0.4, 0.5) is 0 Å². The number of aliphatic imine (C=N–C) groups is 1. The third-order valence-electron chi connectivity index (χ3n) is 2.66. The number of methoxy groups -OCH3 is 1. The van der Waals surface area contributed by atoms with Crippen LogP contribution < -0.4 is 4.74 Å². The fourth-order valence-electron chi connectivity index (χ4n) is 1.95. The van der Waals surface area contributed by atoms with E-state index in [0.29, 0.717) is 6.54 Å². The van der Waals surface area contributed by atoms with Gasteiger partial charge in [-0.2, -0.15) is 5.10 Å². The molecule has 0 amide bonds. The van der Waals surface area contributed by atoms with Crippen LogP contribution in [0, 0.1) is 6.92 Å². The van der Waals surface area contributed by atoms with E-state index >= 15 is 0 Å². The van der Waals surface area contributed by atoms with Crippen LogP contribution in [0.2, 0.25) is 0 Å². The van der Waals surface area contributed by atoms with Crippen molar-refractivity contribution in [2.24, 2.45) is 12.0 Å². The van der Waals surface area contributed by atoms with E-state index in [-0.39, 0.29) is 0 Å². The van der Waals surface area contributed by atoms with Gasteiger partial charge in [-0.25, -0.2) is 9.67 Å². The molecule has 1 rings (SSSR count). The van der Waals surface area contributed by atoms with Crippen molar-refractivity contribution >= 4 is 5.96 Å². The molecule has 1 aromatic heterocycles. The van der Waals surface area contributed by atoms with Gasteiger partial charge in [0.1, 0.15) is 0 Å². The molecule has 102 valence electrons. The Morgan fingerprint density at radius 3 is 2.28 bits per heavy atom. The van der Waals surface area contributed by atoms with Crippen molar-refractivity contribution in [2.45, 2.75) is 13.5 Å². The molecular formula is C12H23N5O. The van der Waals surface area contributed by atoms with Crippen molar-refractivity contribution in [2.75, 3.05) is 35.3 Å². The van der Waals surface area contributed by atoms with E-state index < -0.39 is 0 Å². The van der Waals surface area contributed by atoms with Gasteiger partial charge in [-0.3, -0.25) is 0 Å². The molecule has 1 heterocycles. The van der Waals surface area contributed by atoms with Gasteiger partial charge >= 0.3 is 0 Å². The molecule has 6 nitrogen and oxygen atoms in total. The standard InChI is InChI=1S/C12H23N5O/c1-9-10(11(18-7)17(6)14-9)8-13-12(15(2)3)16(4)5/h8H2,1-7H3. The van der Waals surface area contributed by atoms with Crippen molar-refractivity contribution < 1.29 is 4.74 Å². The summed E-state index contributed by atoms with van der Waals surface area (Å²) in [6.45, 7) is 2.53. The van der Waals surface area contributed by atoms with Gasteiger partial charge in [-0.15, -0.1) is 0 Å². The highest BCUT2D eigenvalue weighted by Gasteiger charge is 2.14. The number of nitrogens with zero attached hydrogens (tertiary/aromatic N) is 5. The quantitative estimate of drug-likeness (QED) is 0.588. The highest BCUT2D eigenvalue weighted by Crippen LogP contribution is 2.21. The maximum absolute atomic E-state index is 5.35. The minimum Gasteiger partial charge on any atom is -0.481 e. The molecule has 0 aliphatic carbocycles. The van der Waals surface area contributed by atoms with Gasteiger partial charge < -0.3 is 14.5 Å². The summed E-state index contributed by atoms with van der Waals surface area (Å²) in [7, 11) is 11.4. The summed E-state index contributed by atoms with van der Waals surface area (Å²) in [6, 6.07) is 0. The summed E-state index contributed by atoms with van der Waals surface area (Å²) in [5, 5.41) is 4.34. The molecule has 0 atom stereocenters. The predicted octanol–water partition coefficient (Wildman–Crippen LogP) is 0.716. The monoisotopic (exact) mass is 253 g/mol. The number of guanidine groups is 1. The third kappa shape index (κ3) is 2.94. The van der Waals surface area contributed by atoms with Crippen molar-refractivity contribution in [1.29, 1.82) is 0 Å². The topological polar surface area (TPSA) is 45.9 Å². The maximum Gasteiger partial charge on any atom is 0.216 e. The first kappa shape index (κ1) is 14.3. The zero-order chi connectivity index (χ0) is 13.9. The zero-order valence-electron chi connectivity index (χ0n) is 12.4. The number of hydrogen-bond donors (Lipinski definition) is 0. The minimum absolute atomic E-state index is 0.564. The smallest absolute Gasteiger partial charge is 0.216 e. The average molecular weight is 253 g/mol. The Morgan fingerprint density at radius 1 is 1.28 bits per heavy atom. The van der Waals surface area contributed by atoms with Gasteiger partial charge in [0.25, 0.3) is 0 Å². The SMILES string of the molecule is COc1c(CN=C(N(C)C)N(C)C)c(C)nn1C. The second kappa shape index (κ2) is 5.75. The molecule has 0 saturated heterocycles. The van der Waals surface area contributed by atoms with E-state index in [4.69, 9.17) is 4.74 Å². The van der Waals surface area contributed by atoms with E-state index in [9.17, 15) is 0 Å². The highest BCUT2D eigenvalue weighted by molar-refractivity contribution is 5.79. The van der Waals surface area contributed by atoms with E-state index in [0.717, 1.165) is 23.1 Å². The molecule has 0 N–H and O–H groups in total. The largest absolute Gasteiger partial charge is 0.481 e. The molecule has 0 fully saturated rings. The maximum atomic E-state index is 5.35.